The number of nitrogens with one attached hydrogen (secondary N) is 1. The van der Waals surface area contributed by atoms with Crippen LogP contribution in [0, 0.1) is 28.5 Å². The van der Waals surface area contributed by atoms with Crippen molar-refractivity contribution >= 4 is 17.4 Å². The molecule has 3 aromatic rings. The monoisotopic (exact) mass is 525 g/mol. The van der Waals surface area contributed by atoms with Crippen LogP contribution in [0.2, 0.25) is 0 Å². The predicted octanol–water partition coefficient (Wildman–Crippen LogP) is 2.60. The van der Waals surface area contributed by atoms with E-state index in [1.807, 2.05) is 6.07 Å². The van der Waals surface area contributed by atoms with Crippen molar-refractivity contribution in [2.75, 3.05) is 11.9 Å². The second kappa shape index (κ2) is 8.88. The lowest BCUT2D eigenvalue weighted by atomic mass is 9.66. The highest BCUT2D eigenvalue weighted by Gasteiger charge is 2.62. The molecule has 1 saturated heterocycles. The zero-order valence-corrected chi connectivity index (χ0v) is 20.3. The minimum Gasteiger partial charge on any atom is -0.386 e. The number of carbonyl (C=O) groups is 1. The fourth-order valence-corrected chi connectivity index (χ4v) is 4.92. The van der Waals surface area contributed by atoms with Crippen molar-refractivity contribution in [3.8, 4) is 11.9 Å². The number of amidine groups is 1. The number of anilines is 1. The van der Waals surface area contributed by atoms with Crippen molar-refractivity contribution in [2.24, 2.45) is 22.1 Å². The number of aromatic nitrogens is 5. The molecule has 2 aliphatic heterocycles. The number of rotatable bonds is 5. The third-order valence-corrected chi connectivity index (χ3v) is 6.94. The minimum absolute atomic E-state index is 0.0320. The topological polar surface area (TPSA) is 157 Å². The van der Waals surface area contributed by atoms with Gasteiger partial charge in [0.05, 0.1) is 25.1 Å². The second-order valence-electron chi connectivity index (χ2n) is 9.61. The number of fused-ring (bicyclic) bond motifs is 1. The summed E-state index contributed by atoms with van der Waals surface area (Å²) in [5.41, 5.74) is 3.22. The van der Waals surface area contributed by atoms with E-state index in [2.05, 4.69) is 30.4 Å². The van der Waals surface area contributed by atoms with Crippen LogP contribution in [0.1, 0.15) is 36.3 Å². The number of amides is 1. The van der Waals surface area contributed by atoms with Gasteiger partial charge in [-0.05, 0) is 31.5 Å². The van der Waals surface area contributed by atoms with Crippen molar-refractivity contribution in [1.82, 2.24) is 24.7 Å². The summed E-state index contributed by atoms with van der Waals surface area (Å²) >= 11 is 0. The molecular formula is C24H22F3N9O2. The smallest absolute Gasteiger partial charge is 0.275 e. The number of ether oxygens (including phenoxy) is 1. The summed E-state index contributed by atoms with van der Waals surface area (Å²) < 4.78 is 51.2. The van der Waals surface area contributed by atoms with Gasteiger partial charge in [0.25, 0.3) is 11.8 Å². The van der Waals surface area contributed by atoms with Gasteiger partial charge in [-0.1, -0.05) is 0 Å². The van der Waals surface area contributed by atoms with Crippen LogP contribution in [0.25, 0.3) is 5.82 Å². The predicted molar refractivity (Wildman–Crippen MR) is 127 cm³/mol. The SMILES string of the molecule is CC(F)(F)C1OC[C@]2(c3cc(NC(=O)c4cnc(-n5cncn5)cn4)ccc3F)N=C(N)[C@](C)(C#N)C[C@H]12. The Labute approximate surface area is 214 Å². The molecule has 196 valence electrons. The van der Waals surface area contributed by atoms with Gasteiger partial charge in [0, 0.05) is 24.1 Å². The van der Waals surface area contributed by atoms with Gasteiger partial charge < -0.3 is 15.8 Å². The molecule has 1 aromatic carbocycles. The van der Waals surface area contributed by atoms with E-state index in [4.69, 9.17) is 10.5 Å². The fourth-order valence-electron chi connectivity index (χ4n) is 4.92. The number of aliphatic imine (C=N–C) groups is 1. The van der Waals surface area contributed by atoms with Crippen molar-refractivity contribution in [1.29, 1.82) is 5.26 Å². The Morgan fingerprint density at radius 3 is 2.76 bits per heavy atom. The average Bonchev–Trinajstić information content (AvgIpc) is 3.54. The molecule has 0 aliphatic carbocycles. The summed E-state index contributed by atoms with van der Waals surface area (Å²) in [5, 5.41) is 16.2. The summed E-state index contributed by atoms with van der Waals surface area (Å²) in [6.07, 6.45) is 3.57. The first-order valence-electron chi connectivity index (χ1n) is 11.5. The first kappa shape index (κ1) is 25.3. The Morgan fingerprint density at radius 2 is 2.13 bits per heavy atom. The Kier molecular flexibility index (Phi) is 5.90. The van der Waals surface area contributed by atoms with Crippen molar-refractivity contribution in [3.63, 3.8) is 0 Å². The quantitative estimate of drug-likeness (QED) is 0.515. The zero-order valence-electron chi connectivity index (χ0n) is 20.3. The van der Waals surface area contributed by atoms with Crippen LogP contribution in [-0.4, -0.2) is 55.1 Å². The molecule has 1 amide bonds. The largest absolute Gasteiger partial charge is 0.386 e. The molecular weight excluding hydrogens is 503 g/mol. The van der Waals surface area contributed by atoms with E-state index >= 15 is 4.39 Å². The number of alkyl halides is 2. The summed E-state index contributed by atoms with van der Waals surface area (Å²) in [4.78, 5) is 29.3. The summed E-state index contributed by atoms with van der Waals surface area (Å²) in [6.45, 7) is 1.83. The van der Waals surface area contributed by atoms with Gasteiger partial charge >= 0.3 is 0 Å². The lowest BCUT2D eigenvalue weighted by molar-refractivity contribution is -0.118. The first-order chi connectivity index (χ1) is 18.0. The highest BCUT2D eigenvalue weighted by Crippen LogP contribution is 2.55. The summed E-state index contributed by atoms with van der Waals surface area (Å²) in [6, 6.07) is 5.76. The third kappa shape index (κ3) is 4.14. The first-order valence-corrected chi connectivity index (χ1v) is 11.5. The number of carbonyl (C=O) groups excluding carboxylic acids is 1. The number of hydrogen-bond donors (Lipinski definition) is 2. The fraction of sp³-hybridized carbons (Fsp3) is 0.375. The highest BCUT2D eigenvalue weighted by molar-refractivity contribution is 6.02. The van der Waals surface area contributed by atoms with Crippen LogP contribution in [-0.2, 0) is 10.3 Å². The van der Waals surface area contributed by atoms with Gasteiger partial charge in [-0.2, -0.15) is 10.4 Å². The number of nitrogens with two attached hydrogens (primary N) is 1. The number of hydrogen-bond acceptors (Lipinski definition) is 9. The van der Waals surface area contributed by atoms with Crippen LogP contribution in [0.3, 0.4) is 0 Å². The lowest BCUT2D eigenvalue weighted by Gasteiger charge is -2.42. The van der Waals surface area contributed by atoms with Crippen LogP contribution in [0.4, 0.5) is 18.9 Å². The van der Waals surface area contributed by atoms with E-state index < -0.39 is 40.6 Å². The molecule has 2 aliphatic rings. The van der Waals surface area contributed by atoms with E-state index in [0.717, 1.165) is 6.07 Å². The summed E-state index contributed by atoms with van der Waals surface area (Å²) in [7, 11) is 0. The lowest BCUT2D eigenvalue weighted by Crippen LogP contribution is -2.52. The van der Waals surface area contributed by atoms with Gasteiger partial charge in [-0.15, -0.1) is 0 Å². The van der Waals surface area contributed by atoms with E-state index in [1.54, 1.807) is 0 Å². The molecule has 1 unspecified atom stereocenters. The van der Waals surface area contributed by atoms with E-state index in [9.17, 15) is 18.8 Å². The van der Waals surface area contributed by atoms with E-state index in [-0.39, 0.29) is 35.8 Å². The molecule has 0 saturated carbocycles. The van der Waals surface area contributed by atoms with Crippen molar-refractivity contribution < 1.29 is 22.7 Å². The van der Waals surface area contributed by atoms with Crippen LogP contribution in [0.5, 0.6) is 0 Å². The Balaban J connectivity index is 1.49. The summed E-state index contributed by atoms with van der Waals surface area (Å²) in [5.74, 6) is -5.49. The molecule has 14 heteroatoms. The number of halogens is 3. The zero-order chi connectivity index (χ0) is 27.3. The average molecular weight is 525 g/mol. The molecule has 11 nitrogen and oxygen atoms in total. The third-order valence-electron chi connectivity index (χ3n) is 6.94. The van der Waals surface area contributed by atoms with E-state index in [0.29, 0.717) is 12.7 Å². The molecule has 4 atom stereocenters. The number of benzene rings is 1. The number of nitrogens with zero attached hydrogens (tertiary/aromatic N) is 7. The van der Waals surface area contributed by atoms with Crippen LogP contribution >= 0.6 is 0 Å². The normalized spacial score (nSPS) is 26.8. The van der Waals surface area contributed by atoms with Crippen molar-refractivity contribution in [3.05, 3.63) is 60.3 Å². The maximum Gasteiger partial charge on any atom is 0.275 e. The minimum atomic E-state index is -3.29. The van der Waals surface area contributed by atoms with Crippen molar-refractivity contribution in [2.45, 2.75) is 37.8 Å². The molecule has 2 aromatic heterocycles. The molecule has 3 N–H and O–H groups in total. The molecule has 0 spiro atoms. The highest BCUT2D eigenvalue weighted by atomic mass is 19.3. The van der Waals surface area contributed by atoms with Gasteiger partial charge in [-0.25, -0.2) is 32.8 Å². The van der Waals surface area contributed by atoms with Crippen LogP contribution in [0.15, 0.2) is 48.2 Å². The Bertz CT molecular complexity index is 1450. The van der Waals surface area contributed by atoms with Gasteiger partial charge in [0.1, 0.15) is 47.1 Å². The van der Waals surface area contributed by atoms with Gasteiger partial charge in [0.15, 0.2) is 5.82 Å². The maximum absolute atomic E-state index is 15.3. The van der Waals surface area contributed by atoms with Gasteiger partial charge in [-0.3, -0.25) is 9.79 Å². The Morgan fingerprint density at radius 1 is 1.34 bits per heavy atom. The second-order valence-corrected chi connectivity index (χ2v) is 9.61. The molecule has 38 heavy (non-hydrogen) atoms. The number of nitriles is 1. The molecule has 4 heterocycles. The standard InChI is InChI=1S/C24H22F3N9O2/c1-22(9-28)6-15-19(23(2,26)27)38-10-24(15,35-21(22)29)14-5-13(3-4-16(14)25)34-20(37)17-7-32-18(8-31-17)36-12-30-11-33-36/h3-5,7-8,11-12,15,19H,6,10H2,1-2H3,(H2,29,35)(H,34,37)/t15-,19?,22+,24-/m1/s1. The van der Waals surface area contributed by atoms with E-state index in [1.165, 1.54) is 48.8 Å². The molecule has 0 radical (unpaired) electrons. The molecule has 5 rings (SSSR count). The molecule has 0 bridgehead atoms. The van der Waals surface area contributed by atoms with Crippen LogP contribution < -0.4 is 11.1 Å². The Hall–Kier alpha value is -4.38. The molecule has 1 fully saturated rings. The maximum atomic E-state index is 15.3. The van der Waals surface area contributed by atoms with Gasteiger partial charge in [0.2, 0.25) is 0 Å².